The zero-order valence-corrected chi connectivity index (χ0v) is 23.8. The molecule has 34 heavy (non-hydrogen) atoms. The molecule has 4 rings (SSSR count). The number of carbonyl (C=O) groups excluding carboxylic acids is 2. The van der Waals surface area contributed by atoms with Crippen LogP contribution in [-0.2, 0) is 9.47 Å². The summed E-state index contributed by atoms with van der Waals surface area (Å²) in [6.07, 6.45) is -0.328. The van der Waals surface area contributed by atoms with Gasteiger partial charge in [0.05, 0.1) is 0 Å². The largest absolute Gasteiger partial charge is 0.444 e. The molecule has 0 bridgehead atoms. The van der Waals surface area contributed by atoms with Crippen molar-refractivity contribution in [3.05, 3.63) is 0 Å². The lowest BCUT2D eigenvalue weighted by Gasteiger charge is -2.26. The van der Waals surface area contributed by atoms with E-state index >= 15 is 0 Å². The lowest BCUT2D eigenvalue weighted by atomic mass is 9.83. The number of carbonyl (C=O) groups is 2. The summed E-state index contributed by atoms with van der Waals surface area (Å²) in [7, 11) is 0. The van der Waals surface area contributed by atoms with Gasteiger partial charge in [0, 0.05) is 63.2 Å². The van der Waals surface area contributed by atoms with E-state index in [1.807, 2.05) is 51.3 Å². The number of fused-ring (bicyclic) bond motifs is 2. The van der Waals surface area contributed by atoms with E-state index < -0.39 is 11.2 Å². The maximum Gasteiger partial charge on any atom is 0.410 e. The fraction of sp³-hybridized carbons (Fsp3) is 0.917. The highest BCUT2D eigenvalue weighted by Crippen LogP contribution is 2.39. The minimum absolute atomic E-state index is 0. The summed E-state index contributed by atoms with van der Waals surface area (Å²) < 4.78 is 10.8. The number of nitrogens with one attached hydrogen (secondary N) is 2. The van der Waals surface area contributed by atoms with Crippen LogP contribution in [0.4, 0.5) is 9.59 Å². The van der Waals surface area contributed by atoms with Crippen LogP contribution in [0.2, 0.25) is 0 Å². The minimum atomic E-state index is -0.395. The van der Waals surface area contributed by atoms with Crippen molar-refractivity contribution in [1.82, 2.24) is 20.4 Å². The lowest BCUT2D eigenvalue weighted by Crippen LogP contribution is -2.38. The molecule has 2 amide bonds. The molecule has 0 aromatic rings. The molecule has 200 valence electrons. The van der Waals surface area contributed by atoms with E-state index in [9.17, 15) is 9.59 Å². The summed E-state index contributed by atoms with van der Waals surface area (Å²) in [6, 6.07) is 0. The Labute approximate surface area is 218 Å². The van der Waals surface area contributed by atoms with Gasteiger partial charge in [-0.3, -0.25) is 0 Å². The van der Waals surface area contributed by atoms with Gasteiger partial charge in [0.25, 0.3) is 0 Å². The number of ether oxygens (including phenoxy) is 2. The summed E-state index contributed by atoms with van der Waals surface area (Å²) in [6.45, 7) is 23.3. The van der Waals surface area contributed by atoms with E-state index in [2.05, 4.69) is 24.5 Å². The normalized spacial score (nSPS) is 32.0. The minimum Gasteiger partial charge on any atom is -0.444 e. The van der Waals surface area contributed by atoms with Crippen LogP contribution in [0.5, 0.6) is 0 Å². The zero-order chi connectivity index (χ0) is 23.9. The van der Waals surface area contributed by atoms with Crippen LogP contribution in [0.1, 0.15) is 55.4 Å². The van der Waals surface area contributed by atoms with E-state index in [1.54, 1.807) is 0 Å². The third kappa shape index (κ3) is 7.52. The third-order valence-electron chi connectivity index (χ3n) is 7.10. The smallest absolute Gasteiger partial charge is 0.410 e. The maximum atomic E-state index is 11.9. The van der Waals surface area contributed by atoms with Gasteiger partial charge in [0.15, 0.2) is 0 Å². The van der Waals surface area contributed by atoms with Crippen LogP contribution in [0, 0.1) is 22.7 Å². The van der Waals surface area contributed by atoms with Gasteiger partial charge < -0.3 is 29.9 Å². The molecular weight excluding hydrogens is 479 g/mol. The SMILES string of the molecule is CC(C)(C)OC(=O)N1C[C@@H]2CNC[C@]2(C)C1.CC(C)(C)OC(=O)N1C[C@H]2CNC[C@@]2(C)C1.Cl.Cl. The predicted octanol–water partition coefficient (Wildman–Crippen LogP) is 3.77. The first kappa shape index (κ1) is 31.1. The topological polar surface area (TPSA) is 83.1 Å². The highest BCUT2D eigenvalue weighted by atomic mass is 35.5. The number of halogens is 2. The summed E-state index contributed by atoms with van der Waals surface area (Å²) in [4.78, 5) is 27.6. The fourth-order valence-electron chi connectivity index (χ4n) is 5.25. The van der Waals surface area contributed by atoms with E-state index in [0.29, 0.717) is 11.8 Å². The molecule has 0 aromatic carbocycles. The van der Waals surface area contributed by atoms with E-state index in [0.717, 1.165) is 52.4 Å². The Bertz CT molecular complexity index is 667. The molecular formula is C24H46Cl2N4O4. The zero-order valence-electron chi connectivity index (χ0n) is 22.2. The van der Waals surface area contributed by atoms with Crippen LogP contribution in [-0.4, -0.2) is 85.5 Å². The monoisotopic (exact) mass is 524 g/mol. The number of nitrogens with zero attached hydrogens (tertiary/aromatic N) is 2. The van der Waals surface area contributed by atoms with Gasteiger partial charge in [0.2, 0.25) is 0 Å². The molecule has 4 heterocycles. The van der Waals surface area contributed by atoms with Gasteiger partial charge in [-0.2, -0.15) is 0 Å². The first-order valence-corrected chi connectivity index (χ1v) is 12.0. The molecule has 0 unspecified atom stereocenters. The van der Waals surface area contributed by atoms with Crippen LogP contribution in [0.25, 0.3) is 0 Å². The van der Waals surface area contributed by atoms with Crippen molar-refractivity contribution in [2.24, 2.45) is 22.7 Å². The standard InChI is InChI=1S/2C12H22N2O2.2ClH/c2*1-11(2,3)16-10(15)14-6-9-5-13-7-12(9,4)8-14;;/h2*9,13H,5-8H2,1-4H3;2*1H/t2*9-,12+;;/m10../s1. The maximum absolute atomic E-state index is 11.9. The van der Waals surface area contributed by atoms with Crippen molar-refractivity contribution in [3.63, 3.8) is 0 Å². The number of amides is 2. The average molecular weight is 526 g/mol. The second-order valence-corrected chi connectivity index (χ2v) is 12.7. The molecule has 4 aliphatic heterocycles. The molecule has 0 aliphatic carbocycles. The molecule has 4 fully saturated rings. The molecule has 0 saturated carbocycles. The molecule has 4 atom stereocenters. The molecule has 0 spiro atoms. The second kappa shape index (κ2) is 11.0. The second-order valence-electron chi connectivity index (χ2n) is 12.7. The Kier molecular flexibility index (Phi) is 10.0. The van der Waals surface area contributed by atoms with E-state index in [1.165, 1.54) is 0 Å². The lowest BCUT2D eigenvalue weighted by molar-refractivity contribution is 0.0262. The summed E-state index contributed by atoms with van der Waals surface area (Å²) in [5.41, 5.74) is -0.296. The first-order valence-electron chi connectivity index (χ1n) is 12.0. The average Bonchev–Trinajstić information content (AvgIpc) is 3.29. The quantitative estimate of drug-likeness (QED) is 0.501. The Hall–Kier alpha value is -0.960. The number of rotatable bonds is 0. The molecule has 4 saturated heterocycles. The van der Waals surface area contributed by atoms with Crippen LogP contribution < -0.4 is 10.6 Å². The van der Waals surface area contributed by atoms with Gasteiger partial charge in [-0.1, -0.05) is 13.8 Å². The van der Waals surface area contributed by atoms with Crippen molar-refractivity contribution in [3.8, 4) is 0 Å². The van der Waals surface area contributed by atoms with Gasteiger partial charge >= 0.3 is 12.2 Å². The van der Waals surface area contributed by atoms with Crippen molar-refractivity contribution in [2.45, 2.75) is 66.6 Å². The molecule has 10 heteroatoms. The van der Waals surface area contributed by atoms with Crippen LogP contribution >= 0.6 is 24.8 Å². The highest BCUT2D eigenvalue weighted by molar-refractivity contribution is 5.85. The van der Waals surface area contributed by atoms with Crippen LogP contribution in [0.3, 0.4) is 0 Å². The van der Waals surface area contributed by atoms with Crippen molar-refractivity contribution >= 4 is 37.0 Å². The molecule has 8 nitrogen and oxygen atoms in total. The van der Waals surface area contributed by atoms with E-state index in [4.69, 9.17) is 9.47 Å². The van der Waals surface area contributed by atoms with Crippen molar-refractivity contribution < 1.29 is 19.1 Å². The number of hydrogen-bond acceptors (Lipinski definition) is 6. The third-order valence-corrected chi connectivity index (χ3v) is 7.10. The van der Waals surface area contributed by atoms with Crippen LogP contribution in [0.15, 0.2) is 0 Å². The van der Waals surface area contributed by atoms with E-state index in [-0.39, 0.29) is 47.8 Å². The molecule has 0 aromatic heterocycles. The Balaban J connectivity index is 0.000000321. The highest BCUT2D eigenvalue weighted by Gasteiger charge is 2.49. The number of hydrogen-bond donors (Lipinski definition) is 2. The first-order chi connectivity index (χ1) is 14.6. The summed E-state index contributed by atoms with van der Waals surface area (Å²) >= 11 is 0. The van der Waals surface area contributed by atoms with Gasteiger partial charge in [-0.15, -0.1) is 24.8 Å². The Morgan fingerprint density at radius 2 is 1.06 bits per heavy atom. The number of likely N-dealkylation sites (tertiary alicyclic amines) is 2. The molecule has 0 radical (unpaired) electrons. The summed E-state index contributed by atoms with van der Waals surface area (Å²) in [5.74, 6) is 1.17. The van der Waals surface area contributed by atoms with Crippen molar-refractivity contribution in [2.75, 3.05) is 52.4 Å². The fourth-order valence-corrected chi connectivity index (χ4v) is 5.25. The predicted molar refractivity (Wildman–Crippen MR) is 139 cm³/mol. The summed E-state index contributed by atoms with van der Waals surface area (Å²) in [5, 5.41) is 6.79. The van der Waals surface area contributed by atoms with Crippen molar-refractivity contribution in [1.29, 1.82) is 0 Å². The Morgan fingerprint density at radius 3 is 1.32 bits per heavy atom. The molecule has 2 N–H and O–H groups in total. The van der Waals surface area contributed by atoms with Gasteiger partial charge in [-0.05, 0) is 53.4 Å². The van der Waals surface area contributed by atoms with Gasteiger partial charge in [0.1, 0.15) is 11.2 Å². The molecule has 4 aliphatic rings. The Morgan fingerprint density at radius 1 is 0.735 bits per heavy atom. The van der Waals surface area contributed by atoms with Gasteiger partial charge in [-0.25, -0.2) is 9.59 Å².